The molecule has 12 heteroatoms. The van der Waals surface area contributed by atoms with Gasteiger partial charge in [0.2, 0.25) is 5.95 Å². The first-order chi connectivity index (χ1) is 18.0. The maximum Gasteiger partial charge on any atom is 0.269 e. The van der Waals surface area contributed by atoms with E-state index in [0.29, 0.717) is 67.8 Å². The molecule has 1 amide bonds. The third-order valence-electron chi connectivity index (χ3n) is 6.14. The SMILES string of the molecule is C=CCNc1nc(N2CCN(C(=O)c3ccncc3)CC2)nc2c1ncn2Cc1ccc([N+](=O)[O-])cc1. The lowest BCUT2D eigenvalue weighted by atomic mass is 10.2. The minimum atomic E-state index is -0.419. The summed E-state index contributed by atoms with van der Waals surface area (Å²) in [5.41, 5.74) is 2.81. The van der Waals surface area contributed by atoms with E-state index in [9.17, 15) is 14.9 Å². The van der Waals surface area contributed by atoms with Crippen LogP contribution in [-0.4, -0.2) is 73.0 Å². The van der Waals surface area contributed by atoms with Gasteiger partial charge in [0, 0.05) is 62.8 Å². The smallest absolute Gasteiger partial charge is 0.269 e. The molecule has 4 aromatic rings. The van der Waals surface area contributed by atoms with E-state index >= 15 is 0 Å². The van der Waals surface area contributed by atoms with Gasteiger partial charge in [-0.15, -0.1) is 6.58 Å². The summed E-state index contributed by atoms with van der Waals surface area (Å²) in [5, 5.41) is 14.2. The first kappa shape index (κ1) is 23.9. The summed E-state index contributed by atoms with van der Waals surface area (Å²) < 4.78 is 1.89. The molecule has 0 unspecified atom stereocenters. The number of carbonyl (C=O) groups excluding carboxylic acids is 1. The molecule has 3 aromatic heterocycles. The largest absolute Gasteiger partial charge is 0.365 e. The molecule has 1 aromatic carbocycles. The number of nitro benzene ring substituents is 1. The number of anilines is 2. The monoisotopic (exact) mass is 499 g/mol. The van der Waals surface area contributed by atoms with Gasteiger partial charge < -0.3 is 19.7 Å². The number of piperazine rings is 1. The molecule has 0 radical (unpaired) electrons. The van der Waals surface area contributed by atoms with Gasteiger partial charge in [0.05, 0.1) is 17.8 Å². The van der Waals surface area contributed by atoms with E-state index in [0.717, 1.165) is 5.56 Å². The Bertz CT molecular complexity index is 1430. The van der Waals surface area contributed by atoms with Crippen molar-refractivity contribution in [3.05, 3.63) is 89.0 Å². The van der Waals surface area contributed by atoms with Crippen LogP contribution in [0.4, 0.5) is 17.5 Å². The zero-order valence-electron chi connectivity index (χ0n) is 20.0. The van der Waals surface area contributed by atoms with Gasteiger partial charge >= 0.3 is 0 Å². The topological polar surface area (TPSA) is 135 Å². The van der Waals surface area contributed by atoms with E-state index in [-0.39, 0.29) is 11.6 Å². The van der Waals surface area contributed by atoms with Crippen LogP contribution < -0.4 is 10.2 Å². The number of hydrogen-bond donors (Lipinski definition) is 1. The second-order valence-electron chi connectivity index (χ2n) is 8.53. The van der Waals surface area contributed by atoms with Crippen molar-refractivity contribution < 1.29 is 9.72 Å². The van der Waals surface area contributed by atoms with Crippen molar-refractivity contribution in [2.75, 3.05) is 42.9 Å². The fourth-order valence-electron chi connectivity index (χ4n) is 4.19. The molecule has 0 aliphatic carbocycles. The third-order valence-corrected chi connectivity index (χ3v) is 6.14. The number of nitrogens with zero attached hydrogens (tertiary/aromatic N) is 8. The number of nitrogens with one attached hydrogen (secondary N) is 1. The van der Waals surface area contributed by atoms with Gasteiger partial charge in [0.15, 0.2) is 17.0 Å². The van der Waals surface area contributed by atoms with Crippen LogP contribution in [0.15, 0.2) is 67.8 Å². The average molecular weight is 500 g/mol. The molecule has 1 aliphatic heterocycles. The van der Waals surface area contributed by atoms with Gasteiger partial charge in [0.25, 0.3) is 11.6 Å². The molecule has 12 nitrogen and oxygen atoms in total. The highest BCUT2D eigenvalue weighted by Gasteiger charge is 2.25. The summed E-state index contributed by atoms with van der Waals surface area (Å²) in [5.74, 6) is 1.12. The predicted molar refractivity (Wildman–Crippen MR) is 139 cm³/mol. The predicted octanol–water partition coefficient (Wildman–Crippen LogP) is 2.74. The van der Waals surface area contributed by atoms with Gasteiger partial charge in [0.1, 0.15) is 0 Å². The quantitative estimate of drug-likeness (QED) is 0.220. The number of fused-ring (bicyclic) bond motifs is 1. The number of aromatic nitrogens is 5. The van der Waals surface area contributed by atoms with E-state index < -0.39 is 4.92 Å². The van der Waals surface area contributed by atoms with Crippen LogP contribution in [0.3, 0.4) is 0 Å². The van der Waals surface area contributed by atoms with Crippen LogP contribution >= 0.6 is 0 Å². The van der Waals surface area contributed by atoms with Crippen molar-refractivity contribution in [1.82, 2.24) is 29.4 Å². The van der Waals surface area contributed by atoms with Crippen LogP contribution in [0.1, 0.15) is 15.9 Å². The molecule has 4 heterocycles. The highest BCUT2D eigenvalue weighted by Crippen LogP contribution is 2.25. The summed E-state index contributed by atoms with van der Waals surface area (Å²) in [7, 11) is 0. The molecular weight excluding hydrogens is 474 g/mol. The number of carbonyl (C=O) groups is 1. The molecule has 0 bridgehead atoms. The lowest BCUT2D eigenvalue weighted by Gasteiger charge is -2.34. The number of amides is 1. The van der Waals surface area contributed by atoms with Crippen molar-refractivity contribution >= 4 is 34.5 Å². The highest BCUT2D eigenvalue weighted by atomic mass is 16.6. The molecule has 37 heavy (non-hydrogen) atoms. The lowest BCUT2D eigenvalue weighted by molar-refractivity contribution is -0.384. The molecule has 1 N–H and O–H groups in total. The van der Waals surface area contributed by atoms with Gasteiger partial charge in [-0.3, -0.25) is 19.9 Å². The minimum Gasteiger partial charge on any atom is -0.365 e. The van der Waals surface area contributed by atoms with Crippen LogP contribution in [0.25, 0.3) is 11.2 Å². The number of pyridine rings is 1. The Kier molecular flexibility index (Phi) is 6.70. The van der Waals surface area contributed by atoms with Gasteiger partial charge in [-0.05, 0) is 17.7 Å². The Morgan fingerprint density at radius 3 is 2.49 bits per heavy atom. The van der Waals surface area contributed by atoms with Gasteiger partial charge in [-0.2, -0.15) is 9.97 Å². The minimum absolute atomic E-state index is 0.0204. The molecular formula is C25H25N9O3. The number of nitro groups is 1. The Morgan fingerprint density at radius 1 is 1.08 bits per heavy atom. The lowest BCUT2D eigenvalue weighted by Crippen LogP contribution is -2.49. The van der Waals surface area contributed by atoms with E-state index in [4.69, 9.17) is 9.97 Å². The Balaban J connectivity index is 1.39. The number of non-ortho nitro benzene ring substituents is 1. The van der Waals surface area contributed by atoms with Crippen LogP contribution in [0.5, 0.6) is 0 Å². The summed E-state index contributed by atoms with van der Waals surface area (Å²) >= 11 is 0. The fourth-order valence-corrected chi connectivity index (χ4v) is 4.19. The summed E-state index contributed by atoms with van der Waals surface area (Å²) in [6, 6.07) is 9.85. The van der Waals surface area contributed by atoms with Crippen LogP contribution in [-0.2, 0) is 6.54 Å². The van der Waals surface area contributed by atoms with Crippen molar-refractivity contribution in [1.29, 1.82) is 0 Å². The molecule has 1 fully saturated rings. The summed E-state index contributed by atoms with van der Waals surface area (Å²) in [4.78, 5) is 45.3. The number of rotatable bonds is 8. The van der Waals surface area contributed by atoms with Crippen LogP contribution in [0, 0.1) is 10.1 Å². The van der Waals surface area contributed by atoms with Crippen molar-refractivity contribution in [2.24, 2.45) is 0 Å². The van der Waals surface area contributed by atoms with Crippen LogP contribution in [0.2, 0.25) is 0 Å². The second-order valence-corrected chi connectivity index (χ2v) is 8.53. The Morgan fingerprint density at radius 2 is 1.81 bits per heavy atom. The zero-order chi connectivity index (χ0) is 25.8. The standard InChI is InChI=1S/C25H25N9O3/c1-2-9-27-22-21-23(33(17-28-21)16-18-3-5-20(6-4-18)34(36)37)30-25(29-22)32-14-12-31(13-15-32)24(35)19-7-10-26-11-8-19/h2-8,10-11,17H,1,9,12-16H2,(H,27,29,30). The summed E-state index contributed by atoms with van der Waals surface area (Å²) in [6.07, 6.45) is 6.66. The highest BCUT2D eigenvalue weighted by molar-refractivity contribution is 5.94. The van der Waals surface area contributed by atoms with E-state index in [2.05, 4.69) is 26.8 Å². The van der Waals surface area contributed by atoms with E-state index in [1.807, 2.05) is 9.47 Å². The van der Waals surface area contributed by atoms with Gasteiger partial charge in [-0.1, -0.05) is 18.2 Å². The third kappa shape index (κ3) is 5.08. The van der Waals surface area contributed by atoms with E-state index in [1.165, 1.54) is 12.1 Å². The normalized spacial score (nSPS) is 13.5. The van der Waals surface area contributed by atoms with Crippen molar-refractivity contribution in [2.45, 2.75) is 6.54 Å². The molecule has 5 rings (SSSR count). The fraction of sp³-hybridized carbons (Fsp3) is 0.240. The Labute approximate surface area is 212 Å². The molecule has 1 aliphatic rings. The summed E-state index contributed by atoms with van der Waals surface area (Å²) in [6.45, 7) is 6.97. The molecule has 0 atom stereocenters. The maximum absolute atomic E-state index is 12.8. The average Bonchev–Trinajstić information content (AvgIpc) is 3.34. The molecule has 1 saturated heterocycles. The first-order valence-electron chi connectivity index (χ1n) is 11.8. The second kappa shape index (κ2) is 10.4. The Hall–Kier alpha value is -4.87. The molecule has 188 valence electrons. The van der Waals surface area contributed by atoms with Gasteiger partial charge in [-0.25, -0.2) is 4.98 Å². The number of hydrogen-bond acceptors (Lipinski definition) is 9. The van der Waals surface area contributed by atoms with Crippen molar-refractivity contribution in [3.8, 4) is 0 Å². The number of benzene rings is 1. The zero-order valence-corrected chi connectivity index (χ0v) is 20.0. The first-order valence-corrected chi connectivity index (χ1v) is 11.8. The maximum atomic E-state index is 12.8. The van der Waals surface area contributed by atoms with E-state index in [1.54, 1.807) is 49.1 Å². The van der Waals surface area contributed by atoms with Crippen molar-refractivity contribution in [3.63, 3.8) is 0 Å². The molecule has 0 saturated carbocycles. The molecule has 0 spiro atoms. The number of imidazole rings is 1.